The van der Waals surface area contributed by atoms with E-state index >= 15 is 0 Å². The van der Waals surface area contributed by atoms with Gasteiger partial charge in [-0.1, -0.05) is 62.0 Å². The fourth-order valence-corrected chi connectivity index (χ4v) is 2.72. The predicted molar refractivity (Wildman–Crippen MR) is 107 cm³/mol. The summed E-state index contributed by atoms with van der Waals surface area (Å²) >= 11 is 3.45. The summed E-state index contributed by atoms with van der Waals surface area (Å²) in [6.45, 7) is 13.4. The van der Waals surface area contributed by atoms with Crippen LogP contribution >= 0.6 is 15.9 Å². The first kappa shape index (κ1) is 21.4. The van der Waals surface area contributed by atoms with Crippen molar-refractivity contribution >= 4 is 15.9 Å². The Kier molecular flexibility index (Phi) is 12.6. The minimum Gasteiger partial charge on any atom is -0.0883 e. The Morgan fingerprint density at radius 3 is 1.55 bits per heavy atom. The van der Waals surface area contributed by atoms with Crippen LogP contribution in [-0.2, 0) is 0 Å². The Balaban J connectivity index is 4.04. The molecule has 126 valence electrons. The van der Waals surface area contributed by atoms with E-state index in [2.05, 4.69) is 75.7 Å². The predicted octanol–water partition coefficient (Wildman–Crippen LogP) is 7.92. The van der Waals surface area contributed by atoms with Crippen LogP contribution in [0, 0.1) is 0 Å². The molecule has 0 aliphatic rings. The third-order valence-electron chi connectivity index (χ3n) is 4.24. The molecule has 0 aromatic rings. The number of alkyl halides is 1. The molecule has 22 heavy (non-hydrogen) atoms. The Morgan fingerprint density at radius 2 is 1.09 bits per heavy atom. The molecule has 0 fully saturated rings. The molecule has 0 unspecified atom stereocenters. The molecule has 0 aromatic heterocycles. The van der Waals surface area contributed by atoms with Crippen molar-refractivity contribution in [3.63, 3.8) is 0 Å². The van der Waals surface area contributed by atoms with Crippen molar-refractivity contribution in [3.05, 3.63) is 46.1 Å². The maximum Gasteiger partial charge on any atom is 0.0214 e. The van der Waals surface area contributed by atoms with Crippen LogP contribution in [0.2, 0.25) is 0 Å². The van der Waals surface area contributed by atoms with Crippen molar-refractivity contribution in [1.29, 1.82) is 0 Å². The van der Waals surface area contributed by atoms with Crippen LogP contribution in [0.15, 0.2) is 46.1 Å². The summed E-state index contributed by atoms with van der Waals surface area (Å²) in [5.74, 6) is 0. The first-order chi connectivity index (χ1) is 10.4. The monoisotopic (exact) mass is 366 g/mol. The summed E-state index contributed by atoms with van der Waals surface area (Å²) in [4.78, 5) is 0. The van der Waals surface area contributed by atoms with E-state index in [0.717, 1.165) is 5.33 Å². The van der Waals surface area contributed by atoms with Crippen LogP contribution in [-0.4, -0.2) is 5.33 Å². The summed E-state index contributed by atoms with van der Waals surface area (Å²) in [5, 5.41) is 0.970. The number of hydrogen-bond acceptors (Lipinski definition) is 0. The molecule has 1 heteroatoms. The molecule has 0 rings (SSSR count). The van der Waals surface area contributed by atoms with Crippen molar-refractivity contribution in [1.82, 2.24) is 0 Å². The van der Waals surface area contributed by atoms with Gasteiger partial charge in [-0.05, 0) is 80.1 Å². The van der Waals surface area contributed by atoms with E-state index in [0.29, 0.717) is 0 Å². The molecule has 0 spiro atoms. The molecule has 0 bridgehead atoms. The van der Waals surface area contributed by atoms with Gasteiger partial charge >= 0.3 is 0 Å². The van der Waals surface area contributed by atoms with Crippen molar-refractivity contribution in [2.45, 2.75) is 80.1 Å². The van der Waals surface area contributed by atoms with Crippen molar-refractivity contribution < 1.29 is 0 Å². The molecule has 0 amide bonds. The summed E-state index contributed by atoms with van der Waals surface area (Å²) in [5.41, 5.74) is 7.54. The standard InChI is InChI=1S/C21H35Br/c1-17(2)21(6)14-13-19(4)11-7-9-18(3)10-8-12-20(5)15-16-22/h10-11,15H,7-9,12-14,16H2,1-6H3/b18-10+,19-11+,20-15+. The molecule has 0 aliphatic heterocycles. The third kappa shape index (κ3) is 12.0. The summed E-state index contributed by atoms with van der Waals surface area (Å²) in [7, 11) is 0. The van der Waals surface area contributed by atoms with Gasteiger partial charge in [-0.25, -0.2) is 0 Å². The van der Waals surface area contributed by atoms with Gasteiger partial charge in [0.05, 0.1) is 0 Å². The van der Waals surface area contributed by atoms with E-state index in [1.807, 2.05) is 0 Å². The van der Waals surface area contributed by atoms with Gasteiger partial charge in [-0.3, -0.25) is 0 Å². The molecular weight excluding hydrogens is 332 g/mol. The highest BCUT2D eigenvalue weighted by Gasteiger charge is 1.96. The van der Waals surface area contributed by atoms with Gasteiger partial charge in [0.15, 0.2) is 0 Å². The lowest BCUT2D eigenvalue weighted by atomic mass is 10.0. The minimum atomic E-state index is 0.970. The quantitative estimate of drug-likeness (QED) is 0.272. The summed E-state index contributed by atoms with van der Waals surface area (Å²) in [6.07, 6.45) is 14.2. The van der Waals surface area contributed by atoms with Gasteiger partial charge in [0, 0.05) is 5.33 Å². The topological polar surface area (TPSA) is 0 Å². The van der Waals surface area contributed by atoms with Gasteiger partial charge in [-0.15, -0.1) is 0 Å². The van der Waals surface area contributed by atoms with Crippen LogP contribution in [0.3, 0.4) is 0 Å². The van der Waals surface area contributed by atoms with Crippen LogP contribution < -0.4 is 0 Å². The average Bonchev–Trinajstić information content (AvgIpc) is 2.44. The van der Waals surface area contributed by atoms with Crippen LogP contribution in [0.5, 0.6) is 0 Å². The van der Waals surface area contributed by atoms with Crippen molar-refractivity contribution in [2.24, 2.45) is 0 Å². The first-order valence-corrected chi connectivity index (χ1v) is 9.64. The zero-order chi connectivity index (χ0) is 17.0. The van der Waals surface area contributed by atoms with Crippen LogP contribution in [0.4, 0.5) is 0 Å². The van der Waals surface area contributed by atoms with Crippen molar-refractivity contribution in [3.8, 4) is 0 Å². The van der Waals surface area contributed by atoms with Crippen molar-refractivity contribution in [2.75, 3.05) is 5.33 Å². The average molecular weight is 367 g/mol. The van der Waals surface area contributed by atoms with Gasteiger partial charge in [0.25, 0.3) is 0 Å². The molecule has 0 aromatic carbocycles. The fraction of sp³-hybridized carbons (Fsp3) is 0.619. The number of allylic oxidation sites excluding steroid dienone is 8. The van der Waals surface area contributed by atoms with Gasteiger partial charge in [-0.2, -0.15) is 0 Å². The van der Waals surface area contributed by atoms with E-state index in [1.165, 1.54) is 66.4 Å². The van der Waals surface area contributed by atoms with E-state index in [9.17, 15) is 0 Å². The van der Waals surface area contributed by atoms with E-state index in [4.69, 9.17) is 0 Å². The SMILES string of the molecule is CC(C)=C(C)CC/C(C)=C/CC/C(C)=C/CC/C(C)=C/CBr. The van der Waals surface area contributed by atoms with E-state index in [1.54, 1.807) is 0 Å². The Hall–Kier alpha value is -0.560. The Labute approximate surface area is 147 Å². The lowest BCUT2D eigenvalue weighted by Crippen LogP contribution is -1.85. The third-order valence-corrected chi connectivity index (χ3v) is 4.56. The Bertz CT molecular complexity index is 429. The maximum absolute atomic E-state index is 3.45. The zero-order valence-electron chi connectivity index (χ0n) is 15.6. The molecule has 0 saturated carbocycles. The second-order valence-electron chi connectivity index (χ2n) is 6.66. The number of halogens is 1. The second kappa shape index (κ2) is 12.9. The maximum atomic E-state index is 3.45. The molecule has 0 N–H and O–H groups in total. The molecular formula is C21H35Br. The molecule has 0 aliphatic carbocycles. The van der Waals surface area contributed by atoms with Gasteiger partial charge in [0.1, 0.15) is 0 Å². The summed E-state index contributed by atoms with van der Waals surface area (Å²) in [6, 6.07) is 0. The van der Waals surface area contributed by atoms with E-state index < -0.39 is 0 Å². The van der Waals surface area contributed by atoms with E-state index in [-0.39, 0.29) is 0 Å². The lowest BCUT2D eigenvalue weighted by Gasteiger charge is -2.05. The largest absolute Gasteiger partial charge is 0.0883 e. The lowest BCUT2D eigenvalue weighted by molar-refractivity contribution is 0.878. The Morgan fingerprint density at radius 1 is 0.636 bits per heavy atom. The molecule has 0 atom stereocenters. The number of rotatable bonds is 10. The second-order valence-corrected chi connectivity index (χ2v) is 7.31. The molecule has 0 radical (unpaired) electrons. The molecule has 0 heterocycles. The number of hydrogen-bond donors (Lipinski definition) is 0. The van der Waals surface area contributed by atoms with Crippen LogP contribution in [0.1, 0.15) is 80.1 Å². The van der Waals surface area contributed by atoms with Crippen LogP contribution in [0.25, 0.3) is 0 Å². The fourth-order valence-electron chi connectivity index (χ4n) is 2.17. The smallest absolute Gasteiger partial charge is 0.0214 e. The van der Waals surface area contributed by atoms with Gasteiger partial charge < -0.3 is 0 Å². The normalized spacial score (nSPS) is 13.5. The first-order valence-electron chi connectivity index (χ1n) is 8.52. The molecule has 0 nitrogen and oxygen atoms in total. The highest BCUT2D eigenvalue weighted by atomic mass is 79.9. The minimum absolute atomic E-state index is 0.970. The molecule has 0 saturated heterocycles. The highest BCUT2D eigenvalue weighted by molar-refractivity contribution is 9.09. The van der Waals surface area contributed by atoms with Gasteiger partial charge in [0.2, 0.25) is 0 Å². The highest BCUT2D eigenvalue weighted by Crippen LogP contribution is 2.16. The zero-order valence-corrected chi connectivity index (χ0v) is 17.1. The summed E-state index contributed by atoms with van der Waals surface area (Å²) < 4.78 is 0.